The summed E-state index contributed by atoms with van der Waals surface area (Å²) in [6, 6.07) is 2.18. The van der Waals surface area contributed by atoms with Gasteiger partial charge in [-0.1, -0.05) is 13.8 Å². The lowest BCUT2D eigenvalue weighted by Gasteiger charge is -2.10. The van der Waals surface area contributed by atoms with Crippen molar-refractivity contribution >= 4 is 22.6 Å². The van der Waals surface area contributed by atoms with E-state index < -0.39 is 0 Å². The van der Waals surface area contributed by atoms with Gasteiger partial charge in [0.1, 0.15) is 0 Å². The van der Waals surface area contributed by atoms with Gasteiger partial charge in [0.15, 0.2) is 5.65 Å². The van der Waals surface area contributed by atoms with Gasteiger partial charge in [0, 0.05) is 17.3 Å². The van der Waals surface area contributed by atoms with Crippen LogP contribution < -0.4 is 5.32 Å². The highest BCUT2D eigenvalue weighted by atomic mass is 16.1. The highest BCUT2D eigenvalue weighted by Crippen LogP contribution is 2.19. The molecule has 1 N–H and O–H groups in total. The molecule has 2 rings (SSSR count). The van der Waals surface area contributed by atoms with E-state index in [2.05, 4.69) is 29.2 Å². The fourth-order valence-electron chi connectivity index (χ4n) is 1.84. The summed E-state index contributed by atoms with van der Waals surface area (Å²) >= 11 is 0. The number of carbonyl (C=O) groups is 1. The van der Waals surface area contributed by atoms with Crippen molar-refractivity contribution < 1.29 is 4.79 Å². The highest BCUT2D eigenvalue weighted by Gasteiger charge is 2.12. The van der Waals surface area contributed by atoms with E-state index in [1.165, 1.54) is 0 Å². The van der Waals surface area contributed by atoms with Gasteiger partial charge < -0.3 is 5.32 Å². The molecule has 0 fully saturated rings. The van der Waals surface area contributed by atoms with Crippen LogP contribution in [0, 0.1) is 5.92 Å². The van der Waals surface area contributed by atoms with Crippen molar-refractivity contribution in [2.45, 2.75) is 40.2 Å². The van der Waals surface area contributed by atoms with E-state index in [-0.39, 0.29) is 17.9 Å². The second-order valence-corrected chi connectivity index (χ2v) is 5.12. The van der Waals surface area contributed by atoms with Crippen molar-refractivity contribution in [2.75, 3.05) is 5.32 Å². The Kier molecular flexibility index (Phi) is 3.83. The number of hydrogen-bond acceptors (Lipinski definition) is 3. The zero-order valence-corrected chi connectivity index (χ0v) is 11.8. The molecule has 102 valence electrons. The van der Waals surface area contributed by atoms with Crippen molar-refractivity contribution in [1.29, 1.82) is 0 Å². The first kappa shape index (κ1) is 13.5. The molecule has 0 radical (unpaired) electrons. The lowest BCUT2D eigenvalue weighted by molar-refractivity contribution is -0.119. The number of nitrogens with zero attached hydrogens (tertiary/aromatic N) is 3. The third kappa shape index (κ3) is 2.75. The van der Waals surface area contributed by atoms with Crippen molar-refractivity contribution in [2.24, 2.45) is 5.92 Å². The zero-order valence-electron chi connectivity index (χ0n) is 11.8. The smallest absolute Gasteiger partial charge is 0.227 e. The largest absolute Gasteiger partial charge is 0.324 e. The molecule has 5 heteroatoms. The molecule has 0 spiro atoms. The van der Waals surface area contributed by atoms with Crippen LogP contribution in [0.25, 0.3) is 11.0 Å². The molecular weight excluding hydrogens is 240 g/mol. The first-order valence-corrected chi connectivity index (χ1v) is 6.67. The molecule has 0 bridgehead atoms. The Balaban J connectivity index is 2.25. The second kappa shape index (κ2) is 5.38. The number of nitrogens with one attached hydrogen (secondary N) is 1. The van der Waals surface area contributed by atoms with Crippen LogP contribution >= 0.6 is 0 Å². The Morgan fingerprint density at radius 2 is 2.11 bits per heavy atom. The maximum atomic E-state index is 11.8. The predicted octanol–water partition coefficient (Wildman–Crippen LogP) is 3.00. The van der Waals surface area contributed by atoms with Gasteiger partial charge in [-0.2, -0.15) is 5.10 Å². The van der Waals surface area contributed by atoms with Gasteiger partial charge in [-0.15, -0.1) is 0 Å². The van der Waals surface area contributed by atoms with Crippen molar-refractivity contribution in [1.82, 2.24) is 14.8 Å². The minimum absolute atomic E-state index is 0.00841. The van der Waals surface area contributed by atoms with Crippen LogP contribution in [0.1, 0.15) is 40.2 Å². The second-order valence-electron chi connectivity index (χ2n) is 5.12. The van der Waals surface area contributed by atoms with Gasteiger partial charge in [-0.3, -0.25) is 4.79 Å². The topological polar surface area (TPSA) is 59.8 Å². The number of rotatable bonds is 4. The van der Waals surface area contributed by atoms with E-state index in [0.29, 0.717) is 0 Å². The Morgan fingerprint density at radius 1 is 1.37 bits per heavy atom. The predicted molar refractivity (Wildman–Crippen MR) is 76.0 cm³/mol. The number of anilines is 1. The third-order valence-corrected chi connectivity index (χ3v) is 3.25. The average molecular weight is 260 g/mol. The molecule has 1 amide bonds. The Hall–Kier alpha value is -1.91. The number of pyridine rings is 1. The summed E-state index contributed by atoms with van der Waals surface area (Å²) in [4.78, 5) is 16.2. The van der Waals surface area contributed by atoms with Gasteiger partial charge in [0.05, 0.1) is 18.1 Å². The van der Waals surface area contributed by atoms with E-state index in [4.69, 9.17) is 0 Å². The monoisotopic (exact) mass is 260 g/mol. The molecule has 19 heavy (non-hydrogen) atoms. The average Bonchev–Trinajstić information content (AvgIpc) is 2.80. The van der Waals surface area contributed by atoms with Gasteiger partial charge in [-0.25, -0.2) is 9.67 Å². The van der Waals surface area contributed by atoms with E-state index in [1.807, 2.05) is 24.6 Å². The van der Waals surface area contributed by atoms with Gasteiger partial charge in [0.25, 0.3) is 0 Å². The van der Waals surface area contributed by atoms with Gasteiger partial charge >= 0.3 is 0 Å². The Labute approximate surface area is 113 Å². The standard InChI is InChI=1S/C14H20N4O/c1-5-10(4)14(19)17-12-6-11-7-16-18(9(2)3)13(11)15-8-12/h6-10H,5H2,1-4H3,(H,17,19)/t10-/m0/s1. The fourth-order valence-corrected chi connectivity index (χ4v) is 1.84. The summed E-state index contributed by atoms with van der Waals surface area (Å²) in [5, 5.41) is 8.13. The minimum Gasteiger partial charge on any atom is -0.324 e. The van der Waals surface area contributed by atoms with Crippen LogP contribution in [0.2, 0.25) is 0 Å². The molecule has 2 heterocycles. The molecule has 0 aliphatic heterocycles. The molecule has 0 saturated heterocycles. The van der Waals surface area contributed by atoms with Crippen molar-refractivity contribution in [3.8, 4) is 0 Å². The molecule has 5 nitrogen and oxygen atoms in total. The minimum atomic E-state index is 0.00841. The van der Waals surface area contributed by atoms with E-state index >= 15 is 0 Å². The fraction of sp³-hybridized carbons (Fsp3) is 0.500. The van der Waals surface area contributed by atoms with Crippen LogP contribution in [0.4, 0.5) is 5.69 Å². The summed E-state index contributed by atoms with van der Waals surface area (Å²) in [6.07, 6.45) is 4.29. The van der Waals surface area contributed by atoms with Crippen LogP contribution in [0.5, 0.6) is 0 Å². The summed E-state index contributed by atoms with van der Waals surface area (Å²) in [5.41, 5.74) is 1.57. The van der Waals surface area contributed by atoms with E-state index in [1.54, 1.807) is 12.4 Å². The molecule has 0 aliphatic carbocycles. The van der Waals surface area contributed by atoms with Crippen LogP contribution in [0.15, 0.2) is 18.5 Å². The summed E-state index contributed by atoms with van der Waals surface area (Å²) in [5.74, 6) is 0.0361. The number of carbonyl (C=O) groups excluding carboxylic acids is 1. The summed E-state index contributed by atoms with van der Waals surface area (Å²) in [7, 11) is 0. The molecule has 2 aromatic rings. The normalized spacial score (nSPS) is 12.9. The van der Waals surface area contributed by atoms with Crippen LogP contribution in [0.3, 0.4) is 0 Å². The molecule has 0 aliphatic rings. The maximum Gasteiger partial charge on any atom is 0.227 e. The molecule has 0 saturated carbocycles. The van der Waals surface area contributed by atoms with E-state index in [9.17, 15) is 4.79 Å². The Morgan fingerprint density at radius 3 is 2.74 bits per heavy atom. The van der Waals surface area contributed by atoms with Crippen LogP contribution in [-0.4, -0.2) is 20.7 Å². The molecule has 0 unspecified atom stereocenters. The van der Waals surface area contributed by atoms with E-state index in [0.717, 1.165) is 23.1 Å². The SMILES string of the molecule is CC[C@H](C)C(=O)Nc1cnc2c(cnn2C(C)C)c1. The third-order valence-electron chi connectivity index (χ3n) is 3.25. The number of aromatic nitrogens is 3. The molecule has 0 aromatic carbocycles. The maximum absolute atomic E-state index is 11.8. The van der Waals surface area contributed by atoms with Gasteiger partial charge in [-0.05, 0) is 26.3 Å². The summed E-state index contributed by atoms with van der Waals surface area (Å²) < 4.78 is 1.87. The lowest BCUT2D eigenvalue weighted by atomic mass is 10.1. The van der Waals surface area contributed by atoms with Crippen molar-refractivity contribution in [3.05, 3.63) is 18.5 Å². The molecular formula is C14H20N4O. The van der Waals surface area contributed by atoms with Gasteiger partial charge in [0.2, 0.25) is 5.91 Å². The number of hydrogen-bond donors (Lipinski definition) is 1. The molecule has 1 atom stereocenters. The summed E-state index contributed by atoms with van der Waals surface area (Å²) in [6.45, 7) is 8.04. The molecule has 2 aromatic heterocycles. The number of amides is 1. The quantitative estimate of drug-likeness (QED) is 0.919. The number of fused-ring (bicyclic) bond motifs is 1. The lowest BCUT2D eigenvalue weighted by Crippen LogP contribution is -2.19. The Bertz CT molecular complexity index is 588. The van der Waals surface area contributed by atoms with Crippen LogP contribution in [-0.2, 0) is 4.79 Å². The van der Waals surface area contributed by atoms with Crippen molar-refractivity contribution in [3.63, 3.8) is 0 Å². The zero-order chi connectivity index (χ0) is 14.0. The first-order valence-electron chi connectivity index (χ1n) is 6.67. The highest BCUT2D eigenvalue weighted by molar-refractivity contribution is 5.93. The first-order chi connectivity index (χ1) is 9.02.